The highest BCUT2D eigenvalue weighted by Gasteiger charge is 2.11. The van der Waals surface area contributed by atoms with E-state index in [0.29, 0.717) is 5.46 Å². The summed E-state index contributed by atoms with van der Waals surface area (Å²) >= 11 is 9.28. The zero-order valence-corrected chi connectivity index (χ0v) is 27.9. The molecule has 0 amide bonds. The molecule has 0 atom stereocenters. The first-order valence-electron chi connectivity index (χ1n) is 13.2. The van der Waals surface area contributed by atoms with E-state index in [-0.39, 0.29) is 0 Å². The van der Waals surface area contributed by atoms with E-state index < -0.39 is 7.12 Å². The van der Waals surface area contributed by atoms with E-state index in [4.69, 9.17) is 10.0 Å². The zero-order chi connectivity index (χ0) is 29.7. The van der Waals surface area contributed by atoms with Gasteiger partial charge in [-0.05, 0) is 102 Å². The van der Waals surface area contributed by atoms with Crippen LogP contribution in [0.3, 0.4) is 0 Å². The Labute approximate surface area is 278 Å². The van der Waals surface area contributed by atoms with Crippen LogP contribution in [0.2, 0.25) is 0 Å². The van der Waals surface area contributed by atoms with Gasteiger partial charge in [-0.25, -0.2) is 0 Å². The zero-order valence-electron chi connectivity index (χ0n) is 22.6. The Hall–Kier alpha value is -3.01. The summed E-state index contributed by atoms with van der Waals surface area (Å²) in [5.74, 6) is 0. The van der Waals surface area contributed by atoms with Crippen molar-refractivity contribution in [1.29, 1.82) is 0 Å². The van der Waals surface area contributed by atoms with Gasteiger partial charge in [-0.2, -0.15) is 0 Å². The fourth-order valence-electron chi connectivity index (χ4n) is 4.14. The third-order valence-corrected chi connectivity index (χ3v) is 9.34. The Morgan fingerprint density at radius 3 is 1.40 bits per heavy atom. The van der Waals surface area contributed by atoms with Gasteiger partial charge >= 0.3 is 7.12 Å². The van der Waals surface area contributed by atoms with Crippen LogP contribution >= 0.6 is 54.5 Å². The summed E-state index contributed by atoms with van der Waals surface area (Å²) in [7, 11) is -1.41. The molecule has 0 bridgehead atoms. The summed E-state index contributed by atoms with van der Waals surface area (Å²) in [5, 5.41) is 18.1. The first kappa shape index (κ1) is 31.9. The normalized spacial score (nSPS) is 10.0. The van der Waals surface area contributed by atoms with E-state index in [9.17, 15) is 0 Å². The second-order valence-electron chi connectivity index (χ2n) is 9.21. The summed E-state index contributed by atoms with van der Waals surface area (Å²) in [6, 6.07) is 52.6. The van der Waals surface area contributed by atoms with Crippen LogP contribution in [-0.2, 0) is 0 Å². The molecule has 6 aromatic carbocycles. The Morgan fingerprint density at radius 1 is 0.429 bits per heavy atom. The van der Waals surface area contributed by atoms with Crippen LogP contribution in [0.4, 0.5) is 0 Å². The second kappa shape index (κ2) is 16.6. The molecule has 0 fully saturated rings. The highest BCUT2D eigenvalue weighted by Crippen LogP contribution is 2.31. The van der Waals surface area contributed by atoms with E-state index in [1.807, 2.05) is 72.8 Å². The molecule has 0 unspecified atom stereocenters. The minimum atomic E-state index is -1.41. The smallest absolute Gasteiger partial charge is 0.423 e. The maximum absolute atomic E-state index is 9.05. The lowest BCUT2D eigenvalue weighted by molar-refractivity contribution is 0.426. The molecule has 0 aromatic heterocycles. The van der Waals surface area contributed by atoms with Gasteiger partial charge in [0.05, 0.1) is 0 Å². The van der Waals surface area contributed by atoms with Crippen molar-refractivity contribution in [2.75, 3.05) is 0 Å². The van der Waals surface area contributed by atoms with Gasteiger partial charge < -0.3 is 10.0 Å². The summed E-state index contributed by atoms with van der Waals surface area (Å²) in [4.78, 5) is 0. The lowest BCUT2D eigenvalue weighted by Gasteiger charge is -2.07. The lowest BCUT2D eigenvalue weighted by Crippen LogP contribution is -2.29. The van der Waals surface area contributed by atoms with Gasteiger partial charge in [-0.1, -0.05) is 149 Å². The Morgan fingerprint density at radius 2 is 0.881 bits per heavy atom. The van der Waals surface area contributed by atoms with Gasteiger partial charge in [0, 0.05) is 12.5 Å². The van der Waals surface area contributed by atoms with Crippen LogP contribution in [0.5, 0.6) is 0 Å². The van der Waals surface area contributed by atoms with Gasteiger partial charge in [-0.3, -0.25) is 0 Å². The lowest BCUT2D eigenvalue weighted by atomic mass is 9.79. The molecular weight excluding hydrogens is 762 g/mol. The standard InChI is InChI=1S/C18H13Br.C12H11BO2.C6H4BrI/c19-18-12-5-4-11-17(18)16-10-6-9-15(13-16)14-7-2-1-3-8-14;14-13(15)12-8-4-7-11(9-12)10-5-2-1-3-6-10;7-5-3-1-2-4-6(5)8/h1-13H;1-9,14-15H;1-4H. The molecule has 208 valence electrons. The highest BCUT2D eigenvalue weighted by atomic mass is 127. The maximum atomic E-state index is 9.05. The van der Waals surface area contributed by atoms with Crippen molar-refractivity contribution < 1.29 is 10.0 Å². The molecule has 0 saturated carbocycles. The van der Waals surface area contributed by atoms with Crippen molar-refractivity contribution >= 4 is 67.0 Å². The van der Waals surface area contributed by atoms with Crippen molar-refractivity contribution in [2.24, 2.45) is 0 Å². The third-order valence-electron chi connectivity index (χ3n) is 6.27. The van der Waals surface area contributed by atoms with Crippen LogP contribution < -0.4 is 5.46 Å². The summed E-state index contributed by atoms with van der Waals surface area (Å²) < 4.78 is 3.55. The largest absolute Gasteiger partial charge is 0.488 e. The van der Waals surface area contributed by atoms with Gasteiger partial charge in [0.25, 0.3) is 0 Å². The van der Waals surface area contributed by atoms with Gasteiger partial charge in [0.2, 0.25) is 0 Å². The van der Waals surface area contributed by atoms with Crippen molar-refractivity contribution in [2.45, 2.75) is 0 Å². The number of hydrogen-bond donors (Lipinski definition) is 2. The van der Waals surface area contributed by atoms with Gasteiger partial charge in [-0.15, -0.1) is 0 Å². The molecule has 2 N–H and O–H groups in total. The van der Waals surface area contributed by atoms with E-state index in [1.165, 1.54) is 30.3 Å². The molecular formula is C36H28BBr2IO2. The Bertz CT molecular complexity index is 1680. The van der Waals surface area contributed by atoms with Crippen molar-refractivity contribution in [1.82, 2.24) is 0 Å². The Kier molecular flexibility index (Phi) is 12.6. The molecule has 0 aliphatic rings. The SMILES string of the molecule is Brc1ccccc1-c1cccc(-c2ccccc2)c1.Brc1ccccc1I.OB(O)c1cccc(-c2ccccc2)c1. The van der Waals surface area contributed by atoms with E-state index in [2.05, 4.69) is 127 Å². The van der Waals surface area contributed by atoms with E-state index in [0.717, 1.165) is 15.6 Å². The molecule has 6 heteroatoms. The van der Waals surface area contributed by atoms with Crippen LogP contribution in [0.25, 0.3) is 33.4 Å². The quantitative estimate of drug-likeness (QED) is 0.138. The summed E-state index contributed by atoms with van der Waals surface area (Å²) in [6.45, 7) is 0. The van der Waals surface area contributed by atoms with Crippen LogP contribution in [0.15, 0.2) is 167 Å². The maximum Gasteiger partial charge on any atom is 0.488 e. The van der Waals surface area contributed by atoms with E-state index in [1.54, 1.807) is 12.1 Å². The fraction of sp³-hybridized carbons (Fsp3) is 0. The number of hydrogen-bond acceptors (Lipinski definition) is 2. The first-order chi connectivity index (χ1) is 20.4. The number of halogens is 3. The fourth-order valence-corrected chi connectivity index (χ4v) is 5.33. The van der Waals surface area contributed by atoms with Crippen molar-refractivity contribution in [3.63, 3.8) is 0 Å². The van der Waals surface area contributed by atoms with Crippen molar-refractivity contribution in [3.05, 3.63) is 170 Å². The average molecular weight is 790 g/mol. The predicted octanol–water partition coefficient (Wildman–Crippen LogP) is 9.87. The molecule has 2 nitrogen and oxygen atoms in total. The molecule has 6 rings (SSSR count). The third kappa shape index (κ3) is 9.51. The van der Waals surface area contributed by atoms with Gasteiger partial charge in [0.15, 0.2) is 0 Å². The first-order valence-corrected chi connectivity index (χ1v) is 15.9. The molecule has 6 aromatic rings. The monoisotopic (exact) mass is 788 g/mol. The van der Waals surface area contributed by atoms with Crippen LogP contribution in [-0.4, -0.2) is 17.2 Å². The number of benzene rings is 6. The van der Waals surface area contributed by atoms with Crippen LogP contribution in [0.1, 0.15) is 0 Å². The topological polar surface area (TPSA) is 40.5 Å². The van der Waals surface area contributed by atoms with Crippen molar-refractivity contribution in [3.8, 4) is 33.4 Å². The summed E-state index contributed by atoms with van der Waals surface area (Å²) in [5.41, 5.74) is 7.51. The Balaban J connectivity index is 0.000000157. The van der Waals surface area contributed by atoms with Gasteiger partial charge in [0.1, 0.15) is 0 Å². The molecule has 0 spiro atoms. The van der Waals surface area contributed by atoms with Crippen LogP contribution in [0, 0.1) is 3.57 Å². The molecule has 0 saturated heterocycles. The van der Waals surface area contributed by atoms with E-state index >= 15 is 0 Å². The summed E-state index contributed by atoms with van der Waals surface area (Å²) in [6.07, 6.45) is 0. The molecule has 0 radical (unpaired) electrons. The molecule has 0 aliphatic heterocycles. The molecule has 0 heterocycles. The average Bonchev–Trinajstić information content (AvgIpc) is 3.04. The second-order valence-corrected chi connectivity index (χ2v) is 12.1. The minimum absolute atomic E-state index is 0.511. The predicted molar refractivity (Wildman–Crippen MR) is 194 cm³/mol. The molecule has 42 heavy (non-hydrogen) atoms. The minimum Gasteiger partial charge on any atom is -0.423 e. The number of rotatable bonds is 4. The highest BCUT2D eigenvalue weighted by molar-refractivity contribution is 14.1. The molecule has 0 aliphatic carbocycles.